The molecule has 1 N–H and O–H groups in total. The standard InChI is InChI=1S/C16H23ClN2O/c1-19-8-6-14(11-19)20-16-5-4-12(10-15(16)17)9-13-3-2-7-18-13/h4-5,10,13-14,18H,2-3,6-9,11H2,1H3. The molecular formula is C16H23ClN2O. The molecule has 0 amide bonds. The second kappa shape index (κ2) is 6.33. The van der Waals surface area contributed by atoms with Crippen LogP contribution in [0.25, 0.3) is 0 Å². The molecule has 2 saturated heterocycles. The fraction of sp³-hybridized carbons (Fsp3) is 0.625. The van der Waals surface area contributed by atoms with Crippen molar-refractivity contribution in [1.82, 2.24) is 10.2 Å². The van der Waals surface area contributed by atoms with Crippen LogP contribution in [-0.2, 0) is 6.42 Å². The molecule has 4 heteroatoms. The molecule has 20 heavy (non-hydrogen) atoms. The summed E-state index contributed by atoms with van der Waals surface area (Å²) < 4.78 is 6.01. The number of rotatable bonds is 4. The van der Waals surface area contributed by atoms with Crippen LogP contribution in [0.2, 0.25) is 5.02 Å². The minimum atomic E-state index is 0.278. The first-order chi connectivity index (χ1) is 9.70. The number of nitrogens with zero attached hydrogens (tertiary/aromatic N) is 1. The average molecular weight is 295 g/mol. The second-order valence-corrected chi connectivity index (χ2v) is 6.46. The Morgan fingerprint density at radius 3 is 2.95 bits per heavy atom. The molecular weight excluding hydrogens is 272 g/mol. The van der Waals surface area contributed by atoms with Crippen molar-refractivity contribution < 1.29 is 4.74 Å². The van der Waals surface area contributed by atoms with Crippen molar-refractivity contribution in [2.45, 2.75) is 37.8 Å². The van der Waals surface area contributed by atoms with Gasteiger partial charge in [-0.25, -0.2) is 0 Å². The van der Waals surface area contributed by atoms with E-state index in [1.165, 1.54) is 18.4 Å². The van der Waals surface area contributed by atoms with Gasteiger partial charge >= 0.3 is 0 Å². The van der Waals surface area contributed by atoms with Crippen molar-refractivity contribution in [2.24, 2.45) is 0 Å². The number of nitrogens with one attached hydrogen (secondary N) is 1. The summed E-state index contributed by atoms with van der Waals surface area (Å²) in [6.45, 7) is 3.24. The molecule has 0 bridgehead atoms. The van der Waals surface area contributed by atoms with Crippen molar-refractivity contribution >= 4 is 11.6 Å². The maximum Gasteiger partial charge on any atom is 0.138 e. The molecule has 2 fully saturated rings. The Morgan fingerprint density at radius 2 is 2.30 bits per heavy atom. The van der Waals surface area contributed by atoms with Crippen molar-refractivity contribution in [3.8, 4) is 5.75 Å². The minimum absolute atomic E-state index is 0.278. The third-order valence-electron chi connectivity index (χ3n) is 4.28. The van der Waals surface area contributed by atoms with Crippen LogP contribution >= 0.6 is 11.6 Å². The van der Waals surface area contributed by atoms with Crippen LogP contribution < -0.4 is 10.1 Å². The topological polar surface area (TPSA) is 24.5 Å². The van der Waals surface area contributed by atoms with Gasteiger partial charge in [0.05, 0.1) is 5.02 Å². The number of halogens is 1. The molecule has 3 nitrogen and oxygen atoms in total. The summed E-state index contributed by atoms with van der Waals surface area (Å²) in [4.78, 5) is 2.29. The van der Waals surface area contributed by atoms with E-state index in [0.29, 0.717) is 6.04 Å². The van der Waals surface area contributed by atoms with Crippen molar-refractivity contribution in [1.29, 1.82) is 0 Å². The van der Waals surface area contributed by atoms with E-state index < -0.39 is 0 Å². The molecule has 0 aliphatic carbocycles. The van der Waals surface area contributed by atoms with Gasteiger partial charge in [-0.05, 0) is 57.0 Å². The van der Waals surface area contributed by atoms with Gasteiger partial charge in [-0.2, -0.15) is 0 Å². The quantitative estimate of drug-likeness (QED) is 0.924. The van der Waals surface area contributed by atoms with E-state index in [9.17, 15) is 0 Å². The summed E-state index contributed by atoms with van der Waals surface area (Å²) in [5.41, 5.74) is 1.30. The van der Waals surface area contributed by atoms with Crippen LogP contribution in [-0.4, -0.2) is 43.7 Å². The lowest BCUT2D eigenvalue weighted by Gasteiger charge is -2.16. The summed E-state index contributed by atoms with van der Waals surface area (Å²) in [7, 11) is 2.13. The number of benzene rings is 1. The van der Waals surface area contributed by atoms with Gasteiger partial charge in [0.1, 0.15) is 11.9 Å². The zero-order valence-electron chi connectivity index (χ0n) is 12.1. The summed E-state index contributed by atoms with van der Waals surface area (Å²) in [5, 5.41) is 4.27. The van der Waals surface area contributed by atoms with Crippen molar-refractivity contribution in [2.75, 3.05) is 26.7 Å². The highest BCUT2D eigenvalue weighted by Gasteiger charge is 2.22. The monoisotopic (exact) mass is 294 g/mol. The lowest BCUT2D eigenvalue weighted by Crippen LogP contribution is -2.23. The second-order valence-electron chi connectivity index (χ2n) is 6.05. The van der Waals surface area contributed by atoms with Gasteiger partial charge in [-0.3, -0.25) is 0 Å². The van der Waals surface area contributed by atoms with Crippen molar-refractivity contribution in [3.63, 3.8) is 0 Å². The SMILES string of the molecule is CN1CCC(Oc2ccc(CC3CCCN3)cc2Cl)C1. The van der Waals surface area contributed by atoms with Gasteiger partial charge in [-0.15, -0.1) is 0 Å². The van der Waals surface area contributed by atoms with Gasteiger partial charge in [0, 0.05) is 19.1 Å². The Hall–Kier alpha value is -0.770. The third-order valence-corrected chi connectivity index (χ3v) is 4.58. The van der Waals surface area contributed by atoms with Crippen LogP contribution in [0.3, 0.4) is 0 Å². The molecule has 0 spiro atoms. The highest BCUT2D eigenvalue weighted by Crippen LogP contribution is 2.29. The molecule has 3 rings (SSSR count). The Balaban J connectivity index is 1.61. The lowest BCUT2D eigenvalue weighted by atomic mass is 10.0. The Bertz CT molecular complexity index is 460. The van der Waals surface area contributed by atoms with Gasteiger partial charge in [0.2, 0.25) is 0 Å². The highest BCUT2D eigenvalue weighted by atomic mass is 35.5. The summed E-state index contributed by atoms with van der Waals surface area (Å²) in [6.07, 6.45) is 4.98. The van der Waals surface area contributed by atoms with Gasteiger partial charge in [-0.1, -0.05) is 17.7 Å². The zero-order chi connectivity index (χ0) is 13.9. The maximum atomic E-state index is 6.37. The molecule has 0 saturated carbocycles. The Labute approximate surface area is 126 Å². The fourth-order valence-electron chi connectivity index (χ4n) is 3.15. The van der Waals surface area contributed by atoms with E-state index in [1.807, 2.05) is 6.07 Å². The predicted octanol–water partition coefficient (Wildman–Crippen LogP) is 2.72. The molecule has 2 aliphatic heterocycles. The Kier molecular flexibility index (Phi) is 4.49. The van der Waals surface area contributed by atoms with Gasteiger partial charge < -0.3 is 15.0 Å². The molecule has 2 aliphatic rings. The van der Waals surface area contributed by atoms with Crippen LogP contribution in [0.4, 0.5) is 0 Å². The largest absolute Gasteiger partial charge is 0.487 e. The first-order valence-electron chi connectivity index (χ1n) is 7.58. The first kappa shape index (κ1) is 14.2. The predicted molar refractivity (Wildman–Crippen MR) is 82.7 cm³/mol. The van der Waals surface area contributed by atoms with Crippen LogP contribution in [0.15, 0.2) is 18.2 Å². The van der Waals surface area contributed by atoms with Crippen LogP contribution in [0.1, 0.15) is 24.8 Å². The highest BCUT2D eigenvalue weighted by molar-refractivity contribution is 6.32. The smallest absolute Gasteiger partial charge is 0.138 e. The molecule has 110 valence electrons. The molecule has 1 aromatic rings. The lowest BCUT2D eigenvalue weighted by molar-refractivity contribution is 0.208. The third kappa shape index (κ3) is 3.46. The van der Waals surface area contributed by atoms with E-state index in [1.54, 1.807) is 0 Å². The van der Waals surface area contributed by atoms with E-state index in [-0.39, 0.29) is 6.10 Å². The van der Waals surface area contributed by atoms with E-state index >= 15 is 0 Å². The number of hydrogen-bond donors (Lipinski definition) is 1. The average Bonchev–Trinajstić information content (AvgIpc) is 3.05. The van der Waals surface area contributed by atoms with Crippen LogP contribution in [0.5, 0.6) is 5.75 Å². The molecule has 1 aromatic carbocycles. The van der Waals surface area contributed by atoms with E-state index in [4.69, 9.17) is 16.3 Å². The molecule has 2 atom stereocenters. The fourth-order valence-corrected chi connectivity index (χ4v) is 3.40. The van der Waals surface area contributed by atoms with Crippen molar-refractivity contribution in [3.05, 3.63) is 28.8 Å². The molecule has 0 radical (unpaired) electrons. The molecule has 2 heterocycles. The summed E-state index contributed by atoms with van der Waals surface area (Å²) >= 11 is 6.37. The molecule has 0 aromatic heterocycles. The maximum absolute atomic E-state index is 6.37. The number of likely N-dealkylation sites (N-methyl/N-ethyl adjacent to an activating group) is 1. The number of likely N-dealkylation sites (tertiary alicyclic amines) is 1. The first-order valence-corrected chi connectivity index (χ1v) is 7.95. The van der Waals surface area contributed by atoms with Crippen LogP contribution in [0, 0.1) is 0 Å². The Morgan fingerprint density at radius 1 is 1.40 bits per heavy atom. The summed E-state index contributed by atoms with van der Waals surface area (Å²) in [5.74, 6) is 0.829. The number of ether oxygens (including phenoxy) is 1. The number of hydrogen-bond acceptors (Lipinski definition) is 3. The van der Waals surface area contributed by atoms with Gasteiger partial charge in [0.15, 0.2) is 0 Å². The normalized spacial score (nSPS) is 27.1. The summed E-state index contributed by atoms with van der Waals surface area (Å²) in [6, 6.07) is 6.86. The molecule has 2 unspecified atom stereocenters. The zero-order valence-corrected chi connectivity index (χ0v) is 12.8. The van der Waals surface area contributed by atoms with E-state index in [2.05, 4.69) is 29.4 Å². The van der Waals surface area contributed by atoms with E-state index in [0.717, 1.165) is 43.2 Å². The minimum Gasteiger partial charge on any atom is -0.487 e. The van der Waals surface area contributed by atoms with Gasteiger partial charge in [0.25, 0.3) is 0 Å².